The van der Waals surface area contributed by atoms with E-state index in [1.807, 2.05) is 11.8 Å². The lowest BCUT2D eigenvalue weighted by Gasteiger charge is -2.60. The van der Waals surface area contributed by atoms with E-state index in [2.05, 4.69) is 17.2 Å². The van der Waals surface area contributed by atoms with Crippen LogP contribution >= 0.6 is 0 Å². The highest BCUT2D eigenvalue weighted by atomic mass is 16.2. The molecule has 2 amide bonds. The quantitative estimate of drug-likeness (QED) is 0.674. The summed E-state index contributed by atoms with van der Waals surface area (Å²) in [5.41, 5.74) is 13.4. The lowest BCUT2D eigenvalue weighted by atomic mass is 9.48. The Morgan fingerprint density at radius 2 is 1.96 bits per heavy atom. The van der Waals surface area contributed by atoms with Crippen molar-refractivity contribution in [3.05, 3.63) is 17.8 Å². The standard InChI is InChI=1S/C21H31N5O2/c1-12-3-4-17(14-6-21(7-14)8-15(22)9-21)26(11-12)20(28)19(27)25-16-5-13(2)18(23)24-10-16/h5,10,12,14-15,17H,3-4,6-9,11,22H2,1-2H3,(H2,23,24)(H,25,27). The predicted octanol–water partition coefficient (Wildman–Crippen LogP) is 2.06. The molecular formula is C21H31N5O2. The first kappa shape index (κ1) is 19.2. The number of hydrogen-bond donors (Lipinski definition) is 3. The maximum Gasteiger partial charge on any atom is 0.313 e. The average molecular weight is 386 g/mol. The number of aromatic nitrogens is 1. The second-order valence-electron chi connectivity index (χ2n) is 9.42. The molecule has 5 N–H and O–H groups in total. The Labute approximate surface area is 166 Å². The van der Waals surface area contributed by atoms with Gasteiger partial charge in [-0.2, -0.15) is 0 Å². The largest absolute Gasteiger partial charge is 0.383 e. The van der Waals surface area contributed by atoms with Crippen molar-refractivity contribution >= 4 is 23.3 Å². The molecule has 4 rings (SSSR count). The number of nitrogens with two attached hydrogens (primary N) is 2. The Morgan fingerprint density at radius 3 is 2.61 bits per heavy atom. The molecule has 2 atom stereocenters. The van der Waals surface area contributed by atoms with Crippen molar-refractivity contribution < 1.29 is 9.59 Å². The zero-order chi connectivity index (χ0) is 20.1. The smallest absolute Gasteiger partial charge is 0.313 e. The molecule has 2 unspecified atom stereocenters. The highest BCUT2D eigenvalue weighted by Gasteiger charge is 2.55. The normalized spacial score (nSPS) is 34.5. The van der Waals surface area contributed by atoms with Crippen molar-refractivity contribution in [3.8, 4) is 0 Å². The van der Waals surface area contributed by atoms with Gasteiger partial charge in [-0.05, 0) is 74.3 Å². The third kappa shape index (κ3) is 3.48. The third-order valence-electron chi connectivity index (χ3n) is 7.02. The molecule has 1 spiro atoms. The van der Waals surface area contributed by atoms with Gasteiger partial charge in [0.15, 0.2) is 0 Å². The van der Waals surface area contributed by atoms with Gasteiger partial charge < -0.3 is 21.7 Å². The summed E-state index contributed by atoms with van der Waals surface area (Å²) in [4.78, 5) is 31.5. The number of piperidine rings is 1. The van der Waals surface area contributed by atoms with Crippen molar-refractivity contribution in [2.75, 3.05) is 17.6 Å². The summed E-state index contributed by atoms with van der Waals surface area (Å²) in [6, 6.07) is 2.26. The average Bonchev–Trinajstić information content (AvgIpc) is 2.59. The number of nitrogens with zero attached hydrogens (tertiary/aromatic N) is 2. The Balaban J connectivity index is 1.42. The molecule has 1 aromatic heterocycles. The second kappa shape index (κ2) is 7.03. The lowest BCUT2D eigenvalue weighted by molar-refractivity contribution is -0.152. The van der Waals surface area contributed by atoms with E-state index in [0.29, 0.717) is 41.3 Å². The zero-order valence-corrected chi connectivity index (χ0v) is 16.8. The van der Waals surface area contributed by atoms with E-state index in [1.54, 1.807) is 6.07 Å². The fourth-order valence-corrected chi connectivity index (χ4v) is 5.58. The molecule has 2 saturated carbocycles. The van der Waals surface area contributed by atoms with Crippen molar-refractivity contribution in [2.24, 2.45) is 23.0 Å². The molecule has 0 radical (unpaired) electrons. The molecule has 0 aromatic carbocycles. The lowest BCUT2D eigenvalue weighted by Crippen LogP contribution is -2.60. The van der Waals surface area contributed by atoms with Crippen LogP contribution in [-0.4, -0.2) is 40.3 Å². The minimum atomic E-state index is -0.593. The highest BCUT2D eigenvalue weighted by Crippen LogP contribution is 2.60. The van der Waals surface area contributed by atoms with E-state index in [0.717, 1.165) is 44.1 Å². The Kier molecular flexibility index (Phi) is 4.81. The van der Waals surface area contributed by atoms with E-state index in [-0.39, 0.29) is 6.04 Å². The second-order valence-corrected chi connectivity index (χ2v) is 9.42. The number of nitrogens with one attached hydrogen (secondary N) is 1. The molecule has 28 heavy (non-hydrogen) atoms. The third-order valence-corrected chi connectivity index (χ3v) is 7.02. The molecule has 1 aromatic rings. The summed E-state index contributed by atoms with van der Waals surface area (Å²) in [6.07, 6.45) is 8.10. The maximum atomic E-state index is 13.0. The monoisotopic (exact) mass is 385 g/mol. The maximum absolute atomic E-state index is 13.0. The van der Waals surface area contributed by atoms with Crippen molar-refractivity contribution in [3.63, 3.8) is 0 Å². The van der Waals surface area contributed by atoms with E-state index in [9.17, 15) is 9.59 Å². The van der Waals surface area contributed by atoms with Crippen molar-refractivity contribution in [2.45, 2.75) is 64.5 Å². The highest BCUT2D eigenvalue weighted by molar-refractivity contribution is 6.39. The van der Waals surface area contributed by atoms with Gasteiger partial charge in [-0.1, -0.05) is 6.92 Å². The number of carbonyl (C=O) groups is 2. The van der Waals surface area contributed by atoms with Crippen molar-refractivity contribution in [1.29, 1.82) is 0 Å². The molecule has 3 aliphatic rings. The molecule has 7 nitrogen and oxygen atoms in total. The molecule has 1 aliphatic heterocycles. The number of hydrogen-bond acceptors (Lipinski definition) is 5. The summed E-state index contributed by atoms with van der Waals surface area (Å²) in [5, 5.41) is 2.70. The SMILES string of the molecule is Cc1cc(NC(=O)C(=O)N2CC(C)CCC2C2CC3(CC(N)C3)C2)cnc1N. The molecule has 1 saturated heterocycles. The first-order valence-corrected chi connectivity index (χ1v) is 10.4. The summed E-state index contributed by atoms with van der Waals surface area (Å²) in [5.74, 6) is 0.308. The fraction of sp³-hybridized carbons (Fsp3) is 0.667. The van der Waals surface area contributed by atoms with Gasteiger partial charge >= 0.3 is 11.8 Å². The van der Waals surface area contributed by atoms with Crippen LogP contribution in [0, 0.1) is 24.2 Å². The molecule has 152 valence electrons. The Bertz CT molecular complexity index is 781. The number of rotatable bonds is 2. The minimum absolute atomic E-state index is 0.170. The molecule has 2 heterocycles. The van der Waals surface area contributed by atoms with Crippen LogP contribution in [0.15, 0.2) is 12.3 Å². The molecule has 3 fully saturated rings. The number of nitrogen functional groups attached to an aromatic ring is 1. The fourth-order valence-electron chi connectivity index (χ4n) is 5.58. The molecule has 0 bridgehead atoms. The van der Waals surface area contributed by atoms with Gasteiger partial charge in [-0.15, -0.1) is 0 Å². The number of anilines is 2. The van der Waals surface area contributed by atoms with Gasteiger partial charge in [0.05, 0.1) is 11.9 Å². The molecular weight excluding hydrogens is 354 g/mol. The van der Waals surface area contributed by atoms with Crippen LogP contribution in [0.4, 0.5) is 11.5 Å². The summed E-state index contributed by atoms with van der Waals surface area (Å²) < 4.78 is 0. The van der Waals surface area contributed by atoms with Crippen molar-refractivity contribution in [1.82, 2.24) is 9.88 Å². The molecule has 2 aliphatic carbocycles. The van der Waals surface area contributed by atoms with Crippen LogP contribution in [0.25, 0.3) is 0 Å². The number of amides is 2. The van der Waals surface area contributed by atoms with Crippen LogP contribution in [-0.2, 0) is 9.59 Å². The van der Waals surface area contributed by atoms with Crippen LogP contribution in [0.5, 0.6) is 0 Å². The first-order valence-electron chi connectivity index (χ1n) is 10.4. The van der Waals surface area contributed by atoms with Crippen LogP contribution in [0.1, 0.15) is 51.0 Å². The minimum Gasteiger partial charge on any atom is -0.383 e. The number of pyridine rings is 1. The Hall–Kier alpha value is -2.15. The van der Waals surface area contributed by atoms with Crippen LogP contribution in [0.3, 0.4) is 0 Å². The number of likely N-dealkylation sites (tertiary alicyclic amines) is 1. The number of carbonyl (C=O) groups excluding carboxylic acids is 2. The van der Waals surface area contributed by atoms with E-state index in [4.69, 9.17) is 11.5 Å². The van der Waals surface area contributed by atoms with E-state index >= 15 is 0 Å². The van der Waals surface area contributed by atoms with Gasteiger partial charge in [-0.3, -0.25) is 9.59 Å². The topological polar surface area (TPSA) is 114 Å². The first-order chi connectivity index (χ1) is 13.3. The van der Waals surface area contributed by atoms with Gasteiger partial charge in [0, 0.05) is 18.6 Å². The summed E-state index contributed by atoms with van der Waals surface area (Å²) in [7, 11) is 0. The zero-order valence-electron chi connectivity index (χ0n) is 16.8. The van der Waals surface area contributed by atoms with Gasteiger partial charge in [0.1, 0.15) is 5.82 Å². The predicted molar refractivity (Wildman–Crippen MR) is 108 cm³/mol. The van der Waals surface area contributed by atoms with Gasteiger partial charge in [0.2, 0.25) is 0 Å². The van der Waals surface area contributed by atoms with Gasteiger partial charge in [0.25, 0.3) is 0 Å². The van der Waals surface area contributed by atoms with E-state index < -0.39 is 11.8 Å². The van der Waals surface area contributed by atoms with Crippen LogP contribution < -0.4 is 16.8 Å². The summed E-state index contributed by atoms with van der Waals surface area (Å²) in [6.45, 7) is 4.62. The van der Waals surface area contributed by atoms with E-state index in [1.165, 1.54) is 6.20 Å². The van der Waals surface area contributed by atoms with Gasteiger partial charge in [-0.25, -0.2) is 4.98 Å². The Morgan fingerprint density at radius 1 is 1.25 bits per heavy atom. The summed E-state index contributed by atoms with van der Waals surface area (Å²) >= 11 is 0. The van der Waals surface area contributed by atoms with Crippen LogP contribution in [0.2, 0.25) is 0 Å². The molecule has 7 heteroatoms. The number of aryl methyl sites for hydroxylation is 1.